The summed E-state index contributed by atoms with van der Waals surface area (Å²) in [4.78, 5) is 4.55. The van der Waals surface area contributed by atoms with Crippen LogP contribution in [0.15, 0.2) is 67.1 Å². The molecule has 0 aliphatic carbocycles. The Hall–Kier alpha value is -3.09. The Morgan fingerprint density at radius 2 is 1.67 bits per heavy atom. The molecule has 24 heavy (non-hydrogen) atoms. The summed E-state index contributed by atoms with van der Waals surface area (Å²) in [6, 6.07) is 14.7. The molecule has 4 nitrogen and oxygen atoms in total. The van der Waals surface area contributed by atoms with Crippen molar-refractivity contribution in [1.82, 2.24) is 19.2 Å². The van der Waals surface area contributed by atoms with Gasteiger partial charge in [0.15, 0.2) is 5.82 Å². The van der Waals surface area contributed by atoms with E-state index in [0.717, 1.165) is 18.0 Å². The van der Waals surface area contributed by atoms with Crippen LogP contribution in [0.1, 0.15) is 5.56 Å². The highest BCUT2D eigenvalue weighted by molar-refractivity contribution is 5.71. The Bertz CT molecular complexity index is 1000. The van der Waals surface area contributed by atoms with E-state index in [9.17, 15) is 13.2 Å². The van der Waals surface area contributed by atoms with E-state index in [-0.39, 0.29) is 0 Å². The highest BCUT2D eigenvalue weighted by Crippen LogP contribution is 2.31. The first-order chi connectivity index (χ1) is 11.5. The molecule has 4 rings (SSSR count). The van der Waals surface area contributed by atoms with Crippen molar-refractivity contribution in [3.05, 3.63) is 72.7 Å². The van der Waals surface area contributed by atoms with Crippen LogP contribution in [0.3, 0.4) is 0 Å². The van der Waals surface area contributed by atoms with Crippen LogP contribution in [0.5, 0.6) is 0 Å². The second kappa shape index (κ2) is 5.23. The normalized spacial score (nSPS) is 12.0. The van der Waals surface area contributed by atoms with Crippen LogP contribution >= 0.6 is 0 Å². The van der Waals surface area contributed by atoms with Crippen molar-refractivity contribution in [3.8, 4) is 17.1 Å². The van der Waals surface area contributed by atoms with Crippen LogP contribution in [0.25, 0.3) is 22.7 Å². The van der Waals surface area contributed by atoms with Gasteiger partial charge in [0.1, 0.15) is 11.3 Å². The highest BCUT2D eigenvalue weighted by Gasteiger charge is 2.33. The Balaban J connectivity index is 1.98. The average molecular weight is 328 g/mol. The maximum atomic E-state index is 12.9. The molecule has 0 saturated heterocycles. The lowest BCUT2D eigenvalue weighted by Gasteiger charge is -2.05. The Morgan fingerprint density at radius 1 is 0.917 bits per heavy atom. The van der Waals surface area contributed by atoms with Crippen molar-refractivity contribution in [2.24, 2.45) is 0 Å². The molecular formula is C17H11F3N4. The van der Waals surface area contributed by atoms with E-state index in [2.05, 4.69) is 10.1 Å². The minimum Gasteiger partial charge on any atom is -0.284 e. The summed E-state index contributed by atoms with van der Waals surface area (Å²) < 4.78 is 41.6. The van der Waals surface area contributed by atoms with E-state index in [0.29, 0.717) is 17.2 Å². The van der Waals surface area contributed by atoms with Crippen molar-refractivity contribution in [3.63, 3.8) is 0 Å². The molecule has 3 aromatic heterocycles. The van der Waals surface area contributed by atoms with Crippen molar-refractivity contribution >= 4 is 5.65 Å². The number of halogens is 3. The van der Waals surface area contributed by atoms with E-state index in [1.54, 1.807) is 22.7 Å². The van der Waals surface area contributed by atoms with Gasteiger partial charge in [-0.3, -0.25) is 4.40 Å². The molecule has 3 heterocycles. The molecule has 0 unspecified atom stereocenters. The van der Waals surface area contributed by atoms with Crippen molar-refractivity contribution in [1.29, 1.82) is 0 Å². The van der Waals surface area contributed by atoms with Crippen molar-refractivity contribution in [2.45, 2.75) is 6.18 Å². The van der Waals surface area contributed by atoms with Crippen LogP contribution in [-0.2, 0) is 6.18 Å². The van der Waals surface area contributed by atoms with E-state index in [1.807, 2.05) is 36.4 Å². The minimum atomic E-state index is -4.44. The zero-order valence-corrected chi connectivity index (χ0v) is 12.3. The molecule has 0 atom stereocenters. The topological polar surface area (TPSA) is 35.1 Å². The third kappa shape index (κ3) is 2.34. The van der Waals surface area contributed by atoms with Gasteiger partial charge >= 0.3 is 6.18 Å². The van der Waals surface area contributed by atoms with Gasteiger partial charge in [0.25, 0.3) is 0 Å². The molecular weight excluding hydrogens is 317 g/mol. The van der Waals surface area contributed by atoms with Gasteiger partial charge < -0.3 is 0 Å². The van der Waals surface area contributed by atoms with Gasteiger partial charge in [-0.15, -0.1) is 0 Å². The van der Waals surface area contributed by atoms with Crippen LogP contribution in [-0.4, -0.2) is 19.2 Å². The third-order valence-electron chi connectivity index (χ3n) is 3.68. The summed E-state index contributed by atoms with van der Waals surface area (Å²) in [5.74, 6) is 0.465. The fourth-order valence-corrected chi connectivity index (χ4v) is 2.58. The Kier molecular flexibility index (Phi) is 3.16. The largest absolute Gasteiger partial charge is 0.419 e. The SMILES string of the molecule is FC(F)(F)c1cnn(-c2c(-c3ccccc3)nc3ccccn23)c1. The summed E-state index contributed by atoms with van der Waals surface area (Å²) in [6.07, 6.45) is -0.898. The number of fused-ring (bicyclic) bond motifs is 1. The number of imidazole rings is 1. The van der Waals surface area contributed by atoms with Crippen LogP contribution in [0, 0.1) is 0 Å². The van der Waals surface area contributed by atoms with Gasteiger partial charge in [-0.1, -0.05) is 36.4 Å². The number of alkyl halides is 3. The zero-order chi connectivity index (χ0) is 16.7. The van der Waals surface area contributed by atoms with Gasteiger partial charge in [-0.2, -0.15) is 18.3 Å². The molecule has 1 aromatic carbocycles. The van der Waals surface area contributed by atoms with E-state index < -0.39 is 11.7 Å². The highest BCUT2D eigenvalue weighted by atomic mass is 19.4. The van der Waals surface area contributed by atoms with Gasteiger partial charge in [0.05, 0.1) is 11.8 Å². The molecule has 0 spiro atoms. The monoisotopic (exact) mass is 328 g/mol. The van der Waals surface area contributed by atoms with Crippen LogP contribution < -0.4 is 0 Å². The molecule has 4 aromatic rings. The maximum absolute atomic E-state index is 12.9. The molecule has 0 aliphatic heterocycles. The van der Waals surface area contributed by atoms with E-state index in [4.69, 9.17) is 0 Å². The van der Waals surface area contributed by atoms with Crippen LogP contribution in [0.2, 0.25) is 0 Å². The molecule has 0 amide bonds. The first kappa shape index (κ1) is 14.5. The molecule has 0 radical (unpaired) electrons. The summed E-state index contributed by atoms with van der Waals surface area (Å²) >= 11 is 0. The third-order valence-corrected chi connectivity index (χ3v) is 3.68. The predicted octanol–water partition coefficient (Wildman–Crippen LogP) is 4.21. The van der Waals surface area contributed by atoms with E-state index in [1.165, 1.54) is 4.68 Å². The minimum absolute atomic E-state index is 0.465. The predicted molar refractivity (Wildman–Crippen MR) is 82.8 cm³/mol. The lowest BCUT2D eigenvalue weighted by atomic mass is 10.1. The zero-order valence-electron chi connectivity index (χ0n) is 12.3. The maximum Gasteiger partial charge on any atom is 0.419 e. The number of rotatable bonds is 2. The summed E-state index contributed by atoms with van der Waals surface area (Å²) in [5, 5.41) is 3.90. The molecule has 0 bridgehead atoms. The molecule has 7 heteroatoms. The van der Waals surface area contributed by atoms with Gasteiger partial charge in [-0.25, -0.2) is 9.67 Å². The smallest absolute Gasteiger partial charge is 0.284 e. The number of pyridine rings is 1. The number of benzene rings is 1. The Morgan fingerprint density at radius 3 is 2.38 bits per heavy atom. The first-order valence-corrected chi connectivity index (χ1v) is 7.19. The summed E-state index contributed by atoms with van der Waals surface area (Å²) in [5.41, 5.74) is 1.21. The molecule has 0 saturated carbocycles. The lowest BCUT2D eigenvalue weighted by Crippen LogP contribution is -2.04. The first-order valence-electron chi connectivity index (χ1n) is 7.19. The van der Waals surface area contributed by atoms with E-state index >= 15 is 0 Å². The quantitative estimate of drug-likeness (QED) is 0.553. The number of nitrogens with zero attached hydrogens (tertiary/aromatic N) is 4. The van der Waals surface area contributed by atoms with Gasteiger partial charge in [-0.05, 0) is 12.1 Å². The Labute approximate surface area is 134 Å². The average Bonchev–Trinajstić information content (AvgIpc) is 3.19. The number of aromatic nitrogens is 4. The second-order valence-electron chi connectivity index (χ2n) is 5.25. The molecule has 0 aliphatic rings. The second-order valence-corrected chi connectivity index (χ2v) is 5.25. The number of hydrogen-bond acceptors (Lipinski definition) is 2. The number of hydrogen-bond donors (Lipinski definition) is 0. The standard InChI is InChI=1S/C17H11F3N4/c18-17(19,20)13-10-21-24(11-13)16-15(12-6-2-1-3-7-12)22-14-8-4-5-9-23(14)16/h1-11H. The van der Waals surface area contributed by atoms with Gasteiger partial charge in [0, 0.05) is 18.0 Å². The lowest BCUT2D eigenvalue weighted by molar-refractivity contribution is -0.137. The van der Waals surface area contributed by atoms with Crippen molar-refractivity contribution < 1.29 is 13.2 Å². The molecule has 0 fully saturated rings. The summed E-state index contributed by atoms with van der Waals surface area (Å²) in [7, 11) is 0. The molecule has 120 valence electrons. The van der Waals surface area contributed by atoms with Crippen LogP contribution in [0.4, 0.5) is 13.2 Å². The fraction of sp³-hybridized carbons (Fsp3) is 0.0588. The summed E-state index contributed by atoms with van der Waals surface area (Å²) in [6.45, 7) is 0. The fourth-order valence-electron chi connectivity index (χ4n) is 2.58. The van der Waals surface area contributed by atoms with Gasteiger partial charge in [0.2, 0.25) is 0 Å². The molecule has 0 N–H and O–H groups in total. The van der Waals surface area contributed by atoms with Crippen molar-refractivity contribution in [2.75, 3.05) is 0 Å².